The van der Waals surface area contributed by atoms with Crippen molar-refractivity contribution in [2.24, 2.45) is 0 Å². The predicted octanol–water partition coefficient (Wildman–Crippen LogP) is 1.57. The van der Waals surface area contributed by atoms with Gasteiger partial charge in [0.25, 0.3) is 0 Å². The Hall–Kier alpha value is -1.51. The van der Waals surface area contributed by atoms with E-state index in [1.807, 2.05) is 18.3 Å². The van der Waals surface area contributed by atoms with Crippen LogP contribution in [0.3, 0.4) is 0 Å². The number of hydrogen-bond donors (Lipinski definition) is 1. The first-order valence-electron chi connectivity index (χ1n) is 3.37. The van der Waals surface area contributed by atoms with E-state index in [0.717, 1.165) is 16.8 Å². The Labute approximate surface area is 64.0 Å². The van der Waals surface area contributed by atoms with Gasteiger partial charge in [-0.1, -0.05) is 0 Å². The molecule has 0 atom stereocenters. The van der Waals surface area contributed by atoms with E-state index in [1.165, 1.54) is 0 Å². The van der Waals surface area contributed by atoms with E-state index in [-0.39, 0.29) is 0 Å². The summed E-state index contributed by atoms with van der Waals surface area (Å²) in [6.45, 7) is 0. The fourth-order valence-corrected chi connectivity index (χ4v) is 1.03. The molecule has 0 aliphatic carbocycles. The fraction of sp³-hybridized carbons (Fsp3) is 0.125. The number of rotatable bonds is 1. The van der Waals surface area contributed by atoms with E-state index >= 15 is 0 Å². The molecule has 0 unspecified atom stereocenters. The van der Waals surface area contributed by atoms with E-state index in [4.69, 9.17) is 4.74 Å². The molecule has 2 aromatic rings. The Bertz CT molecular complexity index is 367. The van der Waals surface area contributed by atoms with Crippen molar-refractivity contribution < 1.29 is 4.74 Å². The lowest BCUT2D eigenvalue weighted by atomic mass is 10.4. The summed E-state index contributed by atoms with van der Waals surface area (Å²) >= 11 is 0. The van der Waals surface area contributed by atoms with Gasteiger partial charge in [-0.25, -0.2) is 0 Å². The number of nitrogens with one attached hydrogen (secondary N) is 1. The zero-order valence-corrected chi connectivity index (χ0v) is 6.16. The molecule has 0 radical (unpaired) electrons. The third-order valence-electron chi connectivity index (χ3n) is 1.61. The van der Waals surface area contributed by atoms with Gasteiger partial charge in [-0.3, -0.25) is 4.98 Å². The smallest absolute Gasteiger partial charge is 0.139 e. The van der Waals surface area contributed by atoms with Crippen LogP contribution in [0.25, 0.3) is 11.0 Å². The number of pyridine rings is 1. The molecule has 3 nitrogen and oxygen atoms in total. The second kappa shape index (κ2) is 2.27. The average Bonchev–Trinajstić information content (AvgIpc) is 2.50. The Morgan fingerprint density at radius 2 is 2.45 bits per heavy atom. The quantitative estimate of drug-likeness (QED) is 0.666. The van der Waals surface area contributed by atoms with Gasteiger partial charge >= 0.3 is 0 Å². The third kappa shape index (κ3) is 0.941. The van der Waals surface area contributed by atoms with Gasteiger partial charge in [0.15, 0.2) is 0 Å². The minimum absolute atomic E-state index is 0.778. The number of fused-ring (bicyclic) bond motifs is 1. The second-order valence-electron chi connectivity index (χ2n) is 2.29. The topological polar surface area (TPSA) is 37.9 Å². The first kappa shape index (κ1) is 6.22. The van der Waals surface area contributed by atoms with Crippen LogP contribution in [0.4, 0.5) is 0 Å². The molecule has 0 fully saturated rings. The van der Waals surface area contributed by atoms with Crippen LogP contribution in [0.2, 0.25) is 0 Å². The largest absolute Gasteiger partial charge is 0.495 e. The van der Waals surface area contributed by atoms with Crippen LogP contribution in [0, 0.1) is 0 Å². The number of nitrogens with zero attached hydrogens (tertiary/aromatic N) is 1. The Kier molecular flexibility index (Phi) is 1.28. The van der Waals surface area contributed by atoms with Crippen LogP contribution in [-0.2, 0) is 0 Å². The third-order valence-corrected chi connectivity index (χ3v) is 1.61. The Morgan fingerprint density at radius 1 is 1.55 bits per heavy atom. The highest BCUT2D eigenvalue weighted by Crippen LogP contribution is 2.15. The van der Waals surface area contributed by atoms with Crippen LogP contribution >= 0.6 is 0 Å². The van der Waals surface area contributed by atoms with Crippen LogP contribution in [0.15, 0.2) is 24.5 Å². The van der Waals surface area contributed by atoms with Crippen molar-refractivity contribution in [3.63, 3.8) is 0 Å². The summed E-state index contributed by atoms with van der Waals surface area (Å²) in [7, 11) is 1.63. The van der Waals surface area contributed by atoms with E-state index < -0.39 is 0 Å². The molecule has 0 aliphatic heterocycles. The molecule has 0 amide bonds. The van der Waals surface area contributed by atoms with Gasteiger partial charge < -0.3 is 9.72 Å². The maximum Gasteiger partial charge on any atom is 0.139 e. The molecule has 56 valence electrons. The summed E-state index contributed by atoms with van der Waals surface area (Å²) in [6.07, 6.45) is 3.56. The molecule has 2 aromatic heterocycles. The lowest BCUT2D eigenvalue weighted by Gasteiger charge is -1.96. The Balaban J connectivity index is 2.67. The van der Waals surface area contributed by atoms with Crippen molar-refractivity contribution in [2.75, 3.05) is 7.11 Å². The summed E-state index contributed by atoms with van der Waals surface area (Å²) in [5.74, 6) is 0.778. The van der Waals surface area contributed by atoms with Gasteiger partial charge in [0.2, 0.25) is 0 Å². The molecule has 1 N–H and O–H groups in total. The predicted molar refractivity (Wildman–Crippen MR) is 42.6 cm³/mol. The zero-order valence-electron chi connectivity index (χ0n) is 6.16. The molecule has 2 rings (SSSR count). The molecule has 0 aromatic carbocycles. The van der Waals surface area contributed by atoms with Crippen LogP contribution in [0.5, 0.6) is 5.75 Å². The molecule has 0 saturated heterocycles. The normalized spacial score (nSPS) is 10.3. The van der Waals surface area contributed by atoms with Gasteiger partial charge in [0.1, 0.15) is 5.75 Å². The van der Waals surface area contributed by atoms with Gasteiger partial charge in [-0.05, 0) is 6.07 Å². The number of aromatic amines is 1. The molecular formula is C8H8N2O. The van der Waals surface area contributed by atoms with Crippen molar-refractivity contribution in [1.29, 1.82) is 0 Å². The van der Waals surface area contributed by atoms with Crippen LogP contribution in [0.1, 0.15) is 0 Å². The molecule has 0 spiro atoms. The number of methoxy groups -OCH3 is 1. The molecule has 0 aliphatic rings. The summed E-state index contributed by atoms with van der Waals surface area (Å²) < 4.78 is 5.01. The van der Waals surface area contributed by atoms with Gasteiger partial charge in [0.05, 0.1) is 24.3 Å². The van der Waals surface area contributed by atoms with E-state index in [0.29, 0.717) is 0 Å². The number of aromatic nitrogens is 2. The van der Waals surface area contributed by atoms with Crippen LogP contribution < -0.4 is 4.74 Å². The summed E-state index contributed by atoms with van der Waals surface area (Å²) in [5, 5.41) is 0. The first-order valence-corrected chi connectivity index (χ1v) is 3.37. The maximum atomic E-state index is 5.01. The van der Waals surface area contributed by atoms with Crippen molar-refractivity contribution in [1.82, 2.24) is 9.97 Å². The summed E-state index contributed by atoms with van der Waals surface area (Å²) in [5.41, 5.74) is 1.97. The highest BCUT2D eigenvalue weighted by Gasteiger charge is 1.96. The molecular weight excluding hydrogens is 140 g/mol. The SMILES string of the molecule is COc1cnc2cc[nH]c2c1. The number of ether oxygens (including phenoxy) is 1. The molecule has 11 heavy (non-hydrogen) atoms. The van der Waals surface area contributed by atoms with Gasteiger partial charge in [-0.2, -0.15) is 0 Å². The highest BCUT2D eigenvalue weighted by atomic mass is 16.5. The van der Waals surface area contributed by atoms with E-state index in [9.17, 15) is 0 Å². The summed E-state index contributed by atoms with van der Waals surface area (Å²) in [4.78, 5) is 7.21. The number of hydrogen-bond acceptors (Lipinski definition) is 2. The summed E-state index contributed by atoms with van der Waals surface area (Å²) in [6, 6.07) is 3.84. The molecule has 2 heterocycles. The van der Waals surface area contributed by atoms with E-state index in [2.05, 4.69) is 9.97 Å². The zero-order chi connectivity index (χ0) is 7.68. The number of H-pyrrole nitrogens is 1. The van der Waals surface area contributed by atoms with Crippen molar-refractivity contribution >= 4 is 11.0 Å². The van der Waals surface area contributed by atoms with Crippen molar-refractivity contribution in [3.05, 3.63) is 24.5 Å². The first-order chi connectivity index (χ1) is 5.40. The van der Waals surface area contributed by atoms with Crippen molar-refractivity contribution in [2.45, 2.75) is 0 Å². The molecule has 0 saturated carbocycles. The minimum Gasteiger partial charge on any atom is -0.495 e. The van der Waals surface area contributed by atoms with E-state index in [1.54, 1.807) is 13.3 Å². The fourth-order valence-electron chi connectivity index (χ4n) is 1.03. The highest BCUT2D eigenvalue weighted by molar-refractivity contribution is 5.75. The van der Waals surface area contributed by atoms with Crippen molar-refractivity contribution in [3.8, 4) is 5.75 Å². The minimum atomic E-state index is 0.778. The maximum absolute atomic E-state index is 5.01. The second-order valence-corrected chi connectivity index (χ2v) is 2.29. The lowest BCUT2D eigenvalue weighted by Crippen LogP contribution is -1.83. The monoisotopic (exact) mass is 148 g/mol. The molecule has 0 bridgehead atoms. The molecule has 3 heteroatoms. The Morgan fingerprint density at radius 3 is 3.27 bits per heavy atom. The standard InChI is InChI=1S/C8H8N2O/c1-11-6-4-8-7(10-5-6)2-3-9-8/h2-5,9H,1H3. The average molecular weight is 148 g/mol. The van der Waals surface area contributed by atoms with Gasteiger partial charge in [-0.15, -0.1) is 0 Å². The van der Waals surface area contributed by atoms with Crippen LogP contribution in [-0.4, -0.2) is 17.1 Å². The lowest BCUT2D eigenvalue weighted by molar-refractivity contribution is 0.413. The van der Waals surface area contributed by atoms with Gasteiger partial charge in [0, 0.05) is 12.3 Å².